The topological polar surface area (TPSA) is 73.0 Å². The number of nitrogens with one attached hydrogen (secondary N) is 2. The van der Waals surface area contributed by atoms with Crippen LogP contribution in [0.4, 0.5) is 0 Å². The van der Waals surface area contributed by atoms with Gasteiger partial charge in [-0.3, -0.25) is 0 Å². The Morgan fingerprint density at radius 2 is 1.96 bits per heavy atom. The van der Waals surface area contributed by atoms with Gasteiger partial charge in [-0.1, -0.05) is 0 Å². The van der Waals surface area contributed by atoms with Gasteiger partial charge < -0.3 is 25.1 Å². The molecule has 0 aliphatic carbocycles. The summed E-state index contributed by atoms with van der Waals surface area (Å²) in [7, 11) is 0. The molecule has 0 spiro atoms. The van der Waals surface area contributed by atoms with E-state index in [0.29, 0.717) is 0 Å². The van der Waals surface area contributed by atoms with Gasteiger partial charge in [0.25, 0.3) is 0 Å². The van der Waals surface area contributed by atoms with Crippen LogP contribution in [-0.2, 0) is 5.60 Å². The summed E-state index contributed by atoms with van der Waals surface area (Å²) in [5, 5.41) is 17.4. The highest BCUT2D eigenvalue weighted by atomic mass is 127. The first kappa shape index (κ1) is 24.2. The Labute approximate surface area is 181 Å². The number of hydrogen-bond donors (Lipinski definition) is 3. The minimum absolute atomic E-state index is 0. The molecule has 1 aliphatic heterocycles. The zero-order chi connectivity index (χ0) is 19.0. The lowest BCUT2D eigenvalue weighted by atomic mass is 9.96. The van der Waals surface area contributed by atoms with Crippen molar-refractivity contribution in [2.45, 2.75) is 59.0 Å². The standard InChI is InChI=1S/C20H36N4O2.HI/c1-5-21-19(22-10-6-7-11-24-12-8-9-13-24)23-15-20(4,25)18-14-16(2)26-17(18)3;/h14,25H,5-13,15H2,1-4H3,(H2,21,22,23);1H. The molecule has 0 bridgehead atoms. The normalized spacial score (nSPS) is 17.4. The van der Waals surface area contributed by atoms with E-state index in [9.17, 15) is 5.11 Å². The van der Waals surface area contributed by atoms with E-state index < -0.39 is 5.60 Å². The number of halogens is 1. The van der Waals surface area contributed by atoms with E-state index in [1.807, 2.05) is 26.8 Å². The highest BCUT2D eigenvalue weighted by Gasteiger charge is 2.27. The van der Waals surface area contributed by atoms with E-state index in [4.69, 9.17) is 4.42 Å². The van der Waals surface area contributed by atoms with E-state index in [-0.39, 0.29) is 30.5 Å². The van der Waals surface area contributed by atoms with Gasteiger partial charge in [0.1, 0.15) is 17.1 Å². The summed E-state index contributed by atoms with van der Waals surface area (Å²) < 4.78 is 5.55. The molecule has 6 nitrogen and oxygen atoms in total. The lowest BCUT2D eigenvalue weighted by Gasteiger charge is -2.21. The monoisotopic (exact) mass is 492 g/mol. The number of aliphatic imine (C=N–C) groups is 1. The molecule has 1 aromatic rings. The van der Waals surface area contributed by atoms with Gasteiger partial charge in [-0.2, -0.15) is 0 Å². The number of likely N-dealkylation sites (tertiary alicyclic amines) is 1. The average molecular weight is 492 g/mol. The highest BCUT2D eigenvalue weighted by Crippen LogP contribution is 2.27. The molecular formula is C20H37IN4O2. The van der Waals surface area contributed by atoms with E-state index >= 15 is 0 Å². The van der Waals surface area contributed by atoms with Crippen LogP contribution in [0.1, 0.15) is 56.6 Å². The van der Waals surface area contributed by atoms with Gasteiger partial charge in [0.15, 0.2) is 5.96 Å². The average Bonchev–Trinajstić information content (AvgIpc) is 3.21. The van der Waals surface area contributed by atoms with Crippen LogP contribution in [-0.4, -0.2) is 55.2 Å². The molecule has 2 heterocycles. The molecule has 2 rings (SSSR count). The molecule has 1 atom stereocenters. The van der Waals surface area contributed by atoms with Gasteiger partial charge >= 0.3 is 0 Å². The molecule has 156 valence electrons. The first-order valence-electron chi connectivity index (χ1n) is 9.97. The fraction of sp³-hybridized carbons (Fsp3) is 0.750. The Balaban J connectivity index is 0.00000364. The molecule has 3 N–H and O–H groups in total. The number of hydrogen-bond acceptors (Lipinski definition) is 4. The van der Waals surface area contributed by atoms with Gasteiger partial charge in [0.05, 0.1) is 6.54 Å². The van der Waals surface area contributed by atoms with Crippen molar-refractivity contribution in [1.29, 1.82) is 0 Å². The Morgan fingerprint density at radius 3 is 2.56 bits per heavy atom. The van der Waals surface area contributed by atoms with Crippen molar-refractivity contribution in [3.63, 3.8) is 0 Å². The van der Waals surface area contributed by atoms with Crippen LogP contribution >= 0.6 is 24.0 Å². The van der Waals surface area contributed by atoms with Gasteiger partial charge in [-0.05, 0) is 79.1 Å². The number of rotatable bonds is 9. The minimum atomic E-state index is -1.04. The number of guanidine groups is 1. The Morgan fingerprint density at radius 1 is 1.26 bits per heavy atom. The van der Waals surface area contributed by atoms with E-state index in [2.05, 4.69) is 20.5 Å². The molecule has 7 heteroatoms. The van der Waals surface area contributed by atoms with E-state index in [0.717, 1.165) is 42.6 Å². The first-order valence-corrected chi connectivity index (χ1v) is 9.97. The van der Waals surface area contributed by atoms with Crippen molar-refractivity contribution in [3.05, 3.63) is 23.2 Å². The second-order valence-corrected chi connectivity index (χ2v) is 7.48. The molecule has 1 aromatic heterocycles. The first-order chi connectivity index (χ1) is 12.4. The SMILES string of the molecule is CCNC(=NCC(C)(O)c1cc(C)oc1C)NCCCCN1CCCC1.I. The fourth-order valence-corrected chi connectivity index (χ4v) is 3.50. The molecule has 0 amide bonds. The second-order valence-electron chi connectivity index (χ2n) is 7.48. The van der Waals surface area contributed by atoms with Crippen molar-refractivity contribution in [1.82, 2.24) is 15.5 Å². The van der Waals surface area contributed by atoms with Gasteiger partial charge in [0, 0.05) is 18.7 Å². The van der Waals surface area contributed by atoms with Crippen molar-refractivity contribution in [3.8, 4) is 0 Å². The van der Waals surface area contributed by atoms with Crippen LogP contribution in [0.3, 0.4) is 0 Å². The van der Waals surface area contributed by atoms with Crippen molar-refractivity contribution in [2.24, 2.45) is 4.99 Å². The summed E-state index contributed by atoms with van der Waals surface area (Å²) in [6.45, 7) is 13.3. The Hall–Kier alpha value is -0.800. The number of furan rings is 1. The number of nitrogens with zero attached hydrogens (tertiary/aromatic N) is 2. The van der Waals surface area contributed by atoms with Gasteiger partial charge in [-0.15, -0.1) is 24.0 Å². The summed E-state index contributed by atoms with van der Waals surface area (Å²) in [4.78, 5) is 7.13. The fourth-order valence-electron chi connectivity index (χ4n) is 3.50. The summed E-state index contributed by atoms with van der Waals surface area (Å²) in [6.07, 6.45) is 5.03. The predicted octanol–water partition coefficient (Wildman–Crippen LogP) is 3.15. The molecule has 27 heavy (non-hydrogen) atoms. The predicted molar refractivity (Wildman–Crippen MR) is 122 cm³/mol. The van der Waals surface area contributed by atoms with Crippen molar-refractivity contribution < 1.29 is 9.52 Å². The summed E-state index contributed by atoms with van der Waals surface area (Å²) in [5.41, 5.74) is -0.236. The van der Waals surface area contributed by atoms with Crippen molar-refractivity contribution >= 4 is 29.9 Å². The minimum Gasteiger partial charge on any atom is -0.466 e. The van der Waals surface area contributed by atoms with Crippen LogP contribution in [0.2, 0.25) is 0 Å². The number of aryl methyl sites for hydroxylation is 2. The molecule has 1 saturated heterocycles. The van der Waals surface area contributed by atoms with Crippen LogP contribution in [0.15, 0.2) is 15.5 Å². The van der Waals surface area contributed by atoms with Gasteiger partial charge in [0.2, 0.25) is 0 Å². The molecule has 0 radical (unpaired) electrons. The van der Waals surface area contributed by atoms with E-state index in [1.165, 1.54) is 38.9 Å². The maximum absolute atomic E-state index is 10.8. The summed E-state index contributed by atoms with van der Waals surface area (Å²) >= 11 is 0. The maximum Gasteiger partial charge on any atom is 0.191 e. The smallest absolute Gasteiger partial charge is 0.191 e. The van der Waals surface area contributed by atoms with Crippen LogP contribution < -0.4 is 10.6 Å². The van der Waals surface area contributed by atoms with Gasteiger partial charge in [-0.25, -0.2) is 4.99 Å². The highest BCUT2D eigenvalue weighted by molar-refractivity contribution is 14.0. The van der Waals surface area contributed by atoms with E-state index in [1.54, 1.807) is 6.92 Å². The lowest BCUT2D eigenvalue weighted by molar-refractivity contribution is 0.0657. The molecule has 1 fully saturated rings. The van der Waals surface area contributed by atoms with Crippen LogP contribution in [0.5, 0.6) is 0 Å². The third kappa shape index (κ3) is 7.99. The third-order valence-electron chi connectivity index (χ3n) is 4.90. The summed E-state index contributed by atoms with van der Waals surface area (Å²) in [5.74, 6) is 2.32. The summed E-state index contributed by atoms with van der Waals surface area (Å²) in [6, 6.07) is 1.89. The molecule has 1 unspecified atom stereocenters. The zero-order valence-electron chi connectivity index (χ0n) is 17.3. The Bertz CT molecular complexity index is 581. The quantitative estimate of drug-likeness (QED) is 0.214. The van der Waals surface area contributed by atoms with Crippen molar-refractivity contribution in [2.75, 3.05) is 39.3 Å². The zero-order valence-corrected chi connectivity index (χ0v) is 19.6. The van der Waals surface area contributed by atoms with Crippen LogP contribution in [0.25, 0.3) is 0 Å². The largest absolute Gasteiger partial charge is 0.466 e. The molecular weight excluding hydrogens is 455 g/mol. The number of unbranched alkanes of at least 4 members (excludes halogenated alkanes) is 1. The molecule has 1 aliphatic rings. The number of aliphatic hydroxyl groups is 1. The molecule has 0 saturated carbocycles. The molecule has 0 aromatic carbocycles. The maximum atomic E-state index is 10.8. The third-order valence-corrected chi connectivity index (χ3v) is 4.90. The second kappa shape index (κ2) is 11.9. The lowest BCUT2D eigenvalue weighted by Crippen LogP contribution is -2.39. The Kier molecular flexibility index (Phi) is 10.7. The van der Waals surface area contributed by atoms with Crippen LogP contribution in [0, 0.1) is 13.8 Å².